The SMILES string of the molecule is CCCCCCCCCC1(C(=O)O)CC=CCC1(C(=O)O)C(C)C. The number of rotatable bonds is 11. The summed E-state index contributed by atoms with van der Waals surface area (Å²) in [6.45, 7) is 5.87. The topological polar surface area (TPSA) is 74.6 Å². The molecule has 1 rings (SSSR count). The number of carbonyl (C=O) groups is 2. The summed E-state index contributed by atoms with van der Waals surface area (Å²) in [5.41, 5.74) is -2.40. The lowest BCUT2D eigenvalue weighted by atomic mass is 9.51. The van der Waals surface area contributed by atoms with Crippen molar-refractivity contribution in [3.05, 3.63) is 12.2 Å². The van der Waals surface area contributed by atoms with E-state index in [1.165, 1.54) is 25.7 Å². The Morgan fingerprint density at radius 3 is 1.96 bits per heavy atom. The van der Waals surface area contributed by atoms with E-state index in [0.717, 1.165) is 19.3 Å². The molecule has 2 atom stereocenters. The van der Waals surface area contributed by atoms with Crippen LogP contribution >= 0.6 is 0 Å². The summed E-state index contributed by atoms with van der Waals surface area (Å²) in [4.78, 5) is 24.4. The minimum absolute atomic E-state index is 0.222. The van der Waals surface area contributed by atoms with Crippen molar-refractivity contribution < 1.29 is 19.8 Å². The molecule has 0 spiro atoms. The van der Waals surface area contributed by atoms with Crippen molar-refractivity contribution in [3.63, 3.8) is 0 Å². The molecule has 0 aromatic carbocycles. The van der Waals surface area contributed by atoms with Gasteiger partial charge in [-0.1, -0.05) is 77.9 Å². The highest BCUT2D eigenvalue weighted by Crippen LogP contribution is 2.56. The number of hydrogen-bond acceptors (Lipinski definition) is 2. The monoisotopic (exact) mass is 338 g/mol. The summed E-state index contributed by atoms with van der Waals surface area (Å²) in [7, 11) is 0. The van der Waals surface area contributed by atoms with Crippen LogP contribution < -0.4 is 0 Å². The molecule has 0 aromatic rings. The van der Waals surface area contributed by atoms with Gasteiger partial charge in [-0.05, 0) is 25.2 Å². The van der Waals surface area contributed by atoms with Gasteiger partial charge in [0, 0.05) is 0 Å². The Morgan fingerprint density at radius 1 is 0.917 bits per heavy atom. The molecule has 2 N–H and O–H groups in total. The standard InChI is InChI=1S/C20H34O4/c1-4-5-6-7-8-9-10-13-19(17(21)22)14-11-12-15-20(19,16(2)3)18(23)24/h11-12,16H,4-10,13-15H2,1-3H3,(H,21,22)(H,23,24). The van der Waals surface area contributed by atoms with E-state index in [0.29, 0.717) is 19.3 Å². The molecular formula is C20H34O4. The number of carboxylic acids is 2. The molecule has 0 saturated carbocycles. The van der Waals surface area contributed by atoms with Crippen LogP contribution in [-0.4, -0.2) is 22.2 Å². The summed E-state index contributed by atoms with van der Waals surface area (Å²) >= 11 is 0. The largest absolute Gasteiger partial charge is 0.481 e. The summed E-state index contributed by atoms with van der Waals surface area (Å²) in [5, 5.41) is 19.9. The van der Waals surface area contributed by atoms with E-state index in [9.17, 15) is 19.8 Å². The minimum atomic E-state index is -1.21. The Morgan fingerprint density at radius 2 is 1.46 bits per heavy atom. The molecular weight excluding hydrogens is 304 g/mol. The summed E-state index contributed by atoms with van der Waals surface area (Å²) < 4.78 is 0. The third-order valence-electron chi connectivity index (χ3n) is 5.91. The molecule has 0 saturated heterocycles. The highest BCUT2D eigenvalue weighted by Gasteiger charge is 2.62. The molecule has 4 nitrogen and oxygen atoms in total. The zero-order valence-electron chi connectivity index (χ0n) is 15.5. The van der Waals surface area contributed by atoms with Crippen LogP contribution in [0.25, 0.3) is 0 Å². The quantitative estimate of drug-likeness (QED) is 0.397. The van der Waals surface area contributed by atoms with Crippen LogP contribution in [0.1, 0.15) is 85.0 Å². The number of hydrogen-bond donors (Lipinski definition) is 2. The molecule has 0 bridgehead atoms. The van der Waals surface area contributed by atoms with Gasteiger partial charge in [-0.25, -0.2) is 0 Å². The fraction of sp³-hybridized carbons (Fsp3) is 0.800. The molecule has 0 aromatic heterocycles. The molecule has 1 aliphatic rings. The van der Waals surface area contributed by atoms with Crippen molar-refractivity contribution in [3.8, 4) is 0 Å². The maximum Gasteiger partial charge on any atom is 0.311 e. The fourth-order valence-electron chi connectivity index (χ4n) is 4.35. The van der Waals surface area contributed by atoms with Gasteiger partial charge in [-0.3, -0.25) is 9.59 Å². The summed E-state index contributed by atoms with van der Waals surface area (Å²) in [5.74, 6) is -2.14. The second kappa shape index (κ2) is 9.24. The summed E-state index contributed by atoms with van der Waals surface area (Å²) in [6, 6.07) is 0. The first-order chi connectivity index (χ1) is 11.3. The van der Waals surface area contributed by atoms with E-state index >= 15 is 0 Å². The Bertz CT molecular complexity index is 455. The molecule has 24 heavy (non-hydrogen) atoms. The minimum Gasteiger partial charge on any atom is -0.481 e. The van der Waals surface area contributed by atoms with Gasteiger partial charge in [0.05, 0.1) is 10.8 Å². The Balaban J connectivity index is 2.86. The van der Waals surface area contributed by atoms with Crippen molar-refractivity contribution in [2.24, 2.45) is 16.7 Å². The van der Waals surface area contributed by atoms with E-state index < -0.39 is 22.8 Å². The molecule has 0 fully saturated rings. The van der Waals surface area contributed by atoms with Gasteiger partial charge in [0.15, 0.2) is 0 Å². The van der Waals surface area contributed by atoms with Crippen LogP contribution in [0.2, 0.25) is 0 Å². The lowest BCUT2D eigenvalue weighted by Crippen LogP contribution is -2.56. The molecule has 0 amide bonds. The highest BCUT2D eigenvalue weighted by molar-refractivity contribution is 5.87. The van der Waals surface area contributed by atoms with E-state index in [1.807, 2.05) is 26.0 Å². The zero-order chi connectivity index (χ0) is 18.2. The van der Waals surface area contributed by atoms with E-state index in [-0.39, 0.29) is 5.92 Å². The van der Waals surface area contributed by atoms with E-state index in [4.69, 9.17) is 0 Å². The molecule has 1 aliphatic carbocycles. The number of aliphatic carboxylic acids is 2. The molecule has 0 aliphatic heterocycles. The van der Waals surface area contributed by atoms with Gasteiger partial charge in [0.2, 0.25) is 0 Å². The van der Waals surface area contributed by atoms with Crippen LogP contribution in [-0.2, 0) is 9.59 Å². The van der Waals surface area contributed by atoms with Crippen molar-refractivity contribution in [1.29, 1.82) is 0 Å². The first-order valence-corrected chi connectivity index (χ1v) is 9.47. The molecule has 2 unspecified atom stereocenters. The van der Waals surface area contributed by atoms with E-state index in [1.54, 1.807) is 0 Å². The van der Waals surface area contributed by atoms with Crippen molar-refractivity contribution in [2.45, 2.75) is 85.0 Å². The lowest BCUT2D eigenvalue weighted by molar-refractivity contribution is -0.181. The molecule has 0 heterocycles. The molecule has 0 radical (unpaired) electrons. The molecule has 138 valence electrons. The third kappa shape index (κ3) is 4.01. The number of allylic oxidation sites excluding steroid dienone is 2. The van der Waals surface area contributed by atoms with Crippen LogP contribution in [0.4, 0.5) is 0 Å². The maximum atomic E-state index is 12.2. The first kappa shape index (κ1) is 20.7. The van der Waals surface area contributed by atoms with Crippen LogP contribution in [0.3, 0.4) is 0 Å². The lowest BCUT2D eigenvalue weighted by Gasteiger charge is -2.49. The second-order valence-electron chi connectivity index (χ2n) is 7.57. The van der Waals surface area contributed by atoms with Gasteiger partial charge in [0.25, 0.3) is 0 Å². The predicted octanol–water partition coefficient (Wildman–Crippen LogP) is 5.28. The first-order valence-electron chi connectivity index (χ1n) is 9.47. The van der Waals surface area contributed by atoms with Gasteiger partial charge in [-0.15, -0.1) is 0 Å². The number of unbranched alkanes of at least 4 members (excludes halogenated alkanes) is 6. The van der Waals surface area contributed by atoms with Gasteiger partial charge >= 0.3 is 11.9 Å². The van der Waals surface area contributed by atoms with Gasteiger partial charge in [0.1, 0.15) is 0 Å². The van der Waals surface area contributed by atoms with Crippen LogP contribution in [0, 0.1) is 16.7 Å². The average Bonchev–Trinajstić information content (AvgIpc) is 2.53. The van der Waals surface area contributed by atoms with Gasteiger partial charge < -0.3 is 10.2 Å². The maximum absolute atomic E-state index is 12.2. The van der Waals surface area contributed by atoms with Crippen molar-refractivity contribution in [2.75, 3.05) is 0 Å². The normalized spacial score (nSPS) is 26.7. The number of carboxylic acid groups (broad SMARTS) is 2. The average molecular weight is 338 g/mol. The van der Waals surface area contributed by atoms with E-state index in [2.05, 4.69) is 6.92 Å². The van der Waals surface area contributed by atoms with Crippen molar-refractivity contribution >= 4 is 11.9 Å². The van der Waals surface area contributed by atoms with Gasteiger partial charge in [-0.2, -0.15) is 0 Å². The van der Waals surface area contributed by atoms with Crippen LogP contribution in [0.5, 0.6) is 0 Å². The fourth-order valence-corrected chi connectivity index (χ4v) is 4.35. The Labute approximate surface area is 146 Å². The Kier molecular flexibility index (Phi) is 7.98. The highest BCUT2D eigenvalue weighted by atomic mass is 16.4. The van der Waals surface area contributed by atoms with Crippen LogP contribution in [0.15, 0.2) is 12.2 Å². The smallest absolute Gasteiger partial charge is 0.311 e. The zero-order valence-corrected chi connectivity index (χ0v) is 15.5. The summed E-state index contributed by atoms with van der Waals surface area (Å²) in [6.07, 6.45) is 12.5. The predicted molar refractivity (Wildman–Crippen MR) is 96.0 cm³/mol. The second-order valence-corrected chi connectivity index (χ2v) is 7.57. The third-order valence-corrected chi connectivity index (χ3v) is 5.91. The van der Waals surface area contributed by atoms with Crippen molar-refractivity contribution in [1.82, 2.24) is 0 Å². The molecule has 4 heteroatoms. The Hall–Kier alpha value is -1.32.